The Bertz CT molecular complexity index is 696. The summed E-state index contributed by atoms with van der Waals surface area (Å²) in [5.41, 5.74) is -1.05. The van der Waals surface area contributed by atoms with Gasteiger partial charge in [0.25, 0.3) is 5.67 Å². The molecule has 0 amide bonds. The summed E-state index contributed by atoms with van der Waals surface area (Å²) in [4.78, 5) is 24.1. The predicted octanol–water partition coefficient (Wildman–Crippen LogP) is 2.88. The van der Waals surface area contributed by atoms with E-state index < -0.39 is 17.4 Å². The van der Waals surface area contributed by atoms with Gasteiger partial charge in [-0.15, -0.1) is 0 Å². The Kier molecular flexibility index (Phi) is 3.29. The number of hydrogen-bond donors (Lipinski definition) is 0. The number of carbonyl (C=O) groups is 2. The fourth-order valence-electron chi connectivity index (χ4n) is 2.45. The summed E-state index contributed by atoms with van der Waals surface area (Å²) in [6.07, 6.45) is -0.254. The zero-order valence-electron chi connectivity index (χ0n) is 11.2. The maximum Gasteiger partial charge on any atom is 0.352 e. The van der Waals surface area contributed by atoms with E-state index in [2.05, 4.69) is 0 Å². The van der Waals surface area contributed by atoms with Crippen molar-refractivity contribution >= 4 is 11.8 Å². The molecule has 0 radical (unpaired) electrons. The van der Waals surface area contributed by atoms with Crippen LogP contribution in [0.15, 0.2) is 54.6 Å². The lowest BCUT2D eigenvalue weighted by atomic mass is 10.0. The van der Waals surface area contributed by atoms with Crippen LogP contribution in [-0.4, -0.2) is 17.4 Å². The van der Waals surface area contributed by atoms with E-state index in [0.29, 0.717) is 5.56 Å². The molecule has 0 spiro atoms. The van der Waals surface area contributed by atoms with Crippen LogP contribution in [0.2, 0.25) is 0 Å². The first-order valence-electron chi connectivity index (χ1n) is 6.64. The first-order chi connectivity index (χ1) is 10.1. The van der Waals surface area contributed by atoms with Crippen molar-refractivity contribution in [1.29, 1.82) is 0 Å². The van der Waals surface area contributed by atoms with Crippen LogP contribution in [0.1, 0.15) is 21.5 Å². The van der Waals surface area contributed by atoms with Gasteiger partial charge in [0.1, 0.15) is 6.61 Å². The van der Waals surface area contributed by atoms with E-state index in [1.165, 1.54) is 6.07 Å². The minimum absolute atomic E-state index is 0.0467. The third-order valence-electron chi connectivity index (χ3n) is 3.59. The van der Waals surface area contributed by atoms with Gasteiger partial charge >= 0.3 is 5.97 Å². The molecule has 3 nitrogen and oxygen atoms in total. The average Bonchev–Trinajstić information content (AvgIpc) is 2.79. The summed E-state index contributed by atoms with van der Waals surface area (Å²) < 4.78 is 19.8. The van der Waals surface area contributed by atoms with E-state index in [-0.39, 0.29) is 18.6 Å². The Hall–Kier alpha value is -2.49. The zero-order valence-corrected chi connectivity index (χ0v) is 11.2. The number of rotatable bonds is 3. The van der Waals surface area contributed by atoms with E-state index in [1.807, 2.05) is 6.07 Å². The van der Waals surface area contributed by atoms with Crippen LogP contribution >= 0.6 is 0 Å². The van der Waals surface area contributed by atoms with Crippen molar-refractivity contribution in [2.75, 3.05) is 0 Å². The highest BCUT2D eigenvalue weighted by Gasteiger charge is 2.53. The second-order valence-electron chi connectivity index (χ2n) is 5.03. The predicted molar refractivity (Wildman–Crippen MR) is 74.6 cm³/mol. The molecule has 1 aliphatic rings. The largest absolute Gasteiger partial charge is 0.458 e. The highest BCUT2D eigenvalue weighted by Crippen LogP contribution is 2.34. The normalized spacial score (nSPS) is 20.1. The number of carbonyl (C=O) groups excluding carboxylic acids is 2. The molecule has 1 aliphatic carbocycles. The molecule has 0 N–H and O–H groups in total. The van der Waals surface area contributed by atoms with Crippen LogP contribution in [0.25, 0.3) is 0 Å². The Morgan fingerprint density at radius 3 is 2.48 bits per heavy atom. The van der Waals surface area contributed by atoms with E-state index >= 15 is 0 Å². The van der Waals surface area contributed by atoms with Crippen LogP contribution in [-0.2, 0) is 22.6 Å². The second kappa shape index (κ2) is 5.13. The van der Waals surface area contributed by atoms with Gasteiger partial charge in [-0.05, 0) is 11.1 Å². The number of ketones is 1. The molecular formula is C17H13FO3. The molecule has 0 aromatic heterocycles. The maximum absolute atomic E-state index is 14.8. The van der Waals surface area contributed by atoms with E-state index in [9.17, 15) is 14.0 Å². The Morgan fingerprint density at radius 2 is 1.76 bits per heavy atom. The quantitative estimate of drug-likeness (QED) is 0.643. The standard InChI is InChI=1S/C17H13FO3/c18-17(10-13-8-4-5-9-14(13)15(17)19)16(20)21-11-12-6-2-1-3-7-12/h1-9H,10-11H2/t17-/m1/s1. The summed E-state index contributed by atoms with van der Waals surface area (Å²) in [7, 11) is 0. The van der Waals surface area contributed by atoms with Crippen LogP contribution in [0.4, 0.5) is 4.39 Å². The average molecular weight is 284 g/mol. The molecule has 0 heterocycles. The summed E-state index contributed by atoms with van der Waals surface area (Å²) in [5.74, 6) is -1.93. The lowest BCUT2D eigenvalue weighted by molar-refractivity contribution is -0.155. The van der Waals surface area contributed by atoms with Crippen LogP contribution in [0.3, 0.4) is 0 Å². The molecule has 4 heteroatoms. The fraction of sp³-hybridized carbons (Fsp3) is 0.176. The van der Waals surface area contributed by atoms with Gasteiger partial charge in [0, 0.05) is 12.0 Å². The number of halogens is 1. The van der Waals surface area contributed by atoms with Crippen molar-refractivity contribution in [3.63, 3.8) is 0 Å². The molecule has 0 fully saturated rings. The number of alkyl halides is 1. The number of hydrogen-bond acceptors (Lipinski definition) is 3. The molecule has 3 rings (SSSR count). The monoisotopic (exact) mass is 284 g/mol. The van der Waals surface area contributed by atoms with E-state index in [0.717, 1.165) is 5.56 Å². The molecule has 2 aromatic rings. The third kappa shape index (κ3) is 2.33. The van der Waals surface area contributed by atoms with Crippen molar-refractivity contribution in [3.8, 4) is 0 Å². The highest BCUT2D eigenvalue weighted by molar-refractivity contribution is 6.18. The van der Waals surface area contributed by atoms with Gasteiger partial charge in [-0.1, -0.05) is 54.6 Å². The third-order valence-corrected chi connectivity index (χ3v) is 3.59. The molecule has 21 heavy (non-hydrogen) atoms. The number of esters is 1. The molecule has 0 saturated heterocycles. The highest BCUT2D eigenvalue weighted by atomic mass is 19.1. The van der Waals surface area contributed by atoms with Gasteiger partial charge in [-0.3, -0.25) is 4.79 Å². The summed E-state index contributed by atoms with van der Waals surface area (Å²) >= 11 is 0. The van der Waals surface area contributed by atoms with Crippen molar-refractivity contribution in [1.82, 2.24) is 0 Å². The SMILES string of the molecule is O=C(OCc1ccccc1)[C@@]1(F)Cc2ccccc2C1=O. The van der Waals surface area contributed by atoms with Gasteiger partial charge < -0.3 is 4.74 Å². The van der Waals surface area contributed by atoms with Gasteiger partial charge in [-0.2, -0.15) is 0 Å². The molecule has 106 valence electrons. The Labute approximate surface area is 121 Å². The Balaban J connectivity index is 1.75. The molecule has 0 bridgehead atoms. The van der Waals surface area contributed by atoms with Crippen molar-refractivity contribution in [3.05, 3.63) is 71.3 Å². The van der Waals surface area contributed by atoms with Crippen molar-refractivity contribution in [2.24, 2.45) is 0 Å². The van der Waals surface area contributed by atoms with Crippen molar-refractivity contribution < 1.29 is 18.7 Å². The minimum atomic E-state index is -2.60. The van der Waals surface area contributed by atoms with E-state index in [1.54, 1.807) is 42.5 Å². The number of benzene rings is 2. The van der Waals surface area contributed by atoms with Crippen LogP contribution in [0, 0.1) is 0 Å². The molecule has 0 saturated carbocycles. The zero-order chi connectivity index (χ0) is 14.9. The fourth-order valence-corrected chi connectivity index (χ4v) is 2.45. The molecule has 1 atom stereocenters. The second-order valence-corrected chi connectivity index (χ2v) is 5.03. The minimum Gasteiger partial charge on any atom is -0.458 e. The number of ether oxygens (including phenoxy) is 1. The summed E-state index contributed by atoms with van der Waals surface area (Å²) in [6, 6.07) is 15.5. The molecule has 0 unspecified atom stereocenters. The van der Waals surface area contributed by atoms with E-state index in [4.69, 9.17) is 4.74 Å². The van der Waals surface area contributed by atoms with Crippen molar-refractivity contribution in [2.45, 2.75) is 18.7 Å². The topological polar surface area (TPSA) is 43.4 Å². The summed E-state index contributed by atoms with van der Waals surface area (Å²) in [5, 5.41) is 0. The van der Waals surface area contributed by atoms with Gasteiger partial charge in [0.15, 0.2) is 0 Å². The smallest absolute Gasteiger partial charge is 0.352 e. The van der Waals surface area contributed by atoms with Gasteiger partial charge in [-0.25, -0.2) is 9.18 Å². The number of fused-ring (bicyclic) bond motifs is 1. The molecule has 2 aromatic carbocycles. The number of Topliss-reactive ketones (excluding diaryl/α,β-unsaturated/α-hetero) is 1. The van der Waals surface area contributed by atoms with Crippen LogP contribution < -0.4 is 0 Å². The lowest BCUT2D eigenvalue weighted by Crippen LogP contribution is -2.41. The Morgan fingerprint density at radius 1 is 1.10 bits per heavy atom. The lowest BCUT2D eigenvalue weighted by Gasteiger charge is -2.16. The molecular weight excluding hydrogens is 271 g/mol. The van der Waals surface area contributed by atoms with Gasteiger partial charge in [0.05, 0.1) is 0 Å². The maximum atomic E-state index is 14.8. The summed E-state index contributed by atoms with van der Waals surface area (Å²) in [6.45, 7) is -0.0467. The first-order valence-corrected chi connectivity index (χ1v) is 6.64. The van der Waals surface area contributed by atoms with Crippen LogP contribution in [0.5, 0.6) is 0 Å². The first kappa shape index (κ1) is 13.5. The van der Waals surface area contributed by atoms with Gasteiger partial charge in [0.2, 0.25) is 5.78 Å². The molecule has 0 aliphatic heterocycles.